The number of benzene rings is 1. The van der Waals surface area contributed by atoms with Gasteiger partial charge in [-0.15, -0.1) is 16.4 Å². The number of hydrogen-bond acceptors (Lipinski definition) is 7. The smallest absolute Gasteiger partial charge is 0.212 e. The maximum absolute atomic E-state index is 9.30. The minimum atomic E-state index is 0.213. The number of thiazole rings is 1. The average Bonchev–Trinajstić information content (AvgIpc) is 3.22. The Hall–Kier alpha value is -2.92. The van der Waals surface area contributed by atoms with E-state index in [2.05, 4.69) is 21.4 Å². The topological polar surface area (TPSA) is 85.9 Å². The second kappa shape index (κ2) is 5.83. The molecule has 1 aromatic carbocycles. The van der Waals surface area contributed by atoms with Crippen LogP contribution in [0.3, 0.4) is 0 Å². The lowest BCUT2D eigenvalue weighted by molar-refractivity contribution is 0.394. The van der Waals surface area contributed by atoms with Crippen molar-refractivity contribution in [2.45, 2.75) is 0 Å². The van der Waals surface area contributed by atoms with Crippen molar-refractivity contribution in [2.75, 3.05) is 14.2 Å². The van der Waals surface area contributed by atoms with Gasteiger partial charge in [0.1, 0.15) is 23.3 Å². The Balaban J connectivity index is 2.24. The van der Waals surface area contributed by atoms with Crippen LogP contribution in [-0.4, -0.2) is 34.2 Å². The standard InChI is InChI=1S/C14H11N5O2S/c1-20-10-5-9(6-11(7-10)21-2)13-12(8-15)17-18-19(13)14-16-3-4-22-14/h3-7H,1-2H3. The molecule has 0 unspecified atom stereocenters. The molecule has 0 saturated heterocycles. The molecule has 2 aromatic heterocycles. The van der Waals surface area contributed by atoms with Crippen LogP contribution in [0.15, 0.2) is 29.8 Å². The van der Waals surface area contributed by atoms with Crippen LogP contribution >= 0.6 is 11.3 Å². The van der Waals surface area contributed by atoms with E-state index in [0.29, 0.717) is 27.9 Å². The van der Waals surface area contributed by atoms with Gasteiger partial charge in [0, 0.05) is 23.2 Å². The molecular formula is C14H11N5O2S. The Morgan fingerprint density at radius 3 is 2.45 bits per heavy atom. The molecule has 0 fully saturated rings. The lowest BCUT2D eigenvalue weighted by Gasteiger charge is -2.09. The molecule has 0 aliphatic rings. The highest BCUT2D eigenvalue weighted by molar-refractivity contribution is 7.12. The normalized spacial score (nSPS) is 10.2. The molecule has 0 radical (unpaired) electrons. The maximum atomic E-state index is 9.30. The highest BCUT2D eigenvalue weighted by atomic mass is 32.1. The van der Waals surface area contributed by atoms with Gasteiger partial charge in [-0.25, -0.2) is 4.98 Å². The molecule has 3 rings (SSSR count). The molecule has 0 saturated carbocycles. The van der Waals surface area contributed by atoms with E-state index in [1.165, 1.54) is 16.0 Å². The summed E-state index contributed by atoms with van der Waals surface area (Å²) in [6.45, 7) is 0. The van der Waals surface area contributed by atoms with Gasteiger partial charge >= 0.3 is 0 Å². The van der Waals surface area contributed by atoms with Gasteiger partial charge in [-0.05, 0) is 12.1 Å². The quantitative estimate of drug-likeness (QED) is 0.734. The van der Waals surface area contributed by atoms with Crippen molar-refractivity contribution >= 4 is 11.3 Å². The lowest BCUT2D eigenvalue weighted by Crippen LogP contribution is -1.99. The molecule has 8 heteroatoms. The second-order valence-electron chi connectivity index (χ2n) is 4.23. The van der Waals surface area contributed by atoms with E-state index < -0.39 is 0 Å². The Bertz CT molecular complexity index is 813. The molecule has 0 N–H and O–H groups in total. The van der Waals surface area contributed by atoms with E-state index in [9.17, 15) is 5.26 Å². The molecule has 110 valence electrons. The van der Waals surface area contributed by atoms with Gasteiger partial charge in [0.15, 0.2) is 5.69 Å². The van der Waals surface area contributed by atoms with Crippen LogP contribution in [0.1, 0.15) is 5.69 Å². The predicted molar refractivity (Wildman–Crippen MR) is 80.3 cm³/mol. The molecule has 3 aromatic rings. The zero-order valence-corrected chi connectivity index (χ0v) is 12.7. The van der Waals surface area contributed by atoms with Crippen molar-refractivity contribution in [2.24, 2.45) is 0 Å². The average molecular weight is 313 g/mol. The third kappa shape index (κ3) is 2.38. The number of nitriles is 1. The summed E-state index contributed by atoms with van der Waals surface area (Å²) < 4.78 is 12.1. The van der Waals surface area contributed by atoms with Crippen LogP contribution in [0.25, 0.3) is 16.4 Å². The van der Waals surface area contributed by atoms with Gasteiger partial charge in [0.25, 0.3) is 0 Å². The van der Waals surface area contributed by atoms with Crippen LogP contribution in [0.4, 0.5) is 0 Å². The monoisotopic (exact) mass is 313 g/mol. The molecule has 0 aliphatic heterocycles. The third-order valence-electron chi connectivity index (χ3n) is 3.00. The Kier molecular flexibility index (Phi) is 3.72. The zero-order valence-electron chi connectivity index (χ0n) is 11.8. The molecule has 0 aliphatic carbocycles. The summed E-state index contributed by atoms with van der Waals surface area (Å²) in [6.07, 6.45) is 1.67. The summed E-state index contributed by atoms with van der Waals surface area (Å²) in [5, 5.41) is 19.7. The van der Waals surface area contributed by atoms with E-state index in [1.807, 2.05) is 5.38 Å². The van der Waals surface area contributed by atoms with Crippen molar-refractivity contribution in [1.82, 2.24) is 20.0 Å². The van der Waals surface area contributed by atoms with Crippen molar-refractivity contribution in [3.63, 3.8) is 0 Å². The molecule has 0 amide bonds. The highest BCUT2D eigenvalue weighted by Crippen LogP contribution is 2.32. The molecule has 0 bridgehead atoms. The summed E-state index contributed by atoms with van der Waals surface area (Å²) in [5.74, 6) is 1.23. The van der Waals surface area contributed by atoms with Crippen molar-refractivity contribution < 1.29 is 9.47 Å². The van der Waals surface area contributed by atoms with E-state index in [-0.39, 0.29) is 5.69 Å². The van der Waals surface area contributed by atoms with Gasteiger partial charge in [-0.1, -0.05) is 5.21 Å². The number of hydrogen-bond donors (Lipinski definition) is 0. The first-order valence-electron chi connectivity index (χ1n) is 6.26. The summed E-state index contributed by atoms with van der Waals surface area (Å²) in [7, 11) is 3.14. The zero-order chi connectivity index (χ0) is 15.5. The minimum Gasteiger partial charge on any atom is -0.497 e. The number of ether oxygens (including phenoxy) is 2. The van der Waals surface area contributed by atoms with Gasteiger partial charge in [0.05, 0.1) is 14.2 Å². The summed E-state index contributed by atoms with van der Waals surface area (Å²) in [6, 6.07) is 7.40. The Morgan fingerprint density at radius 2 is 1.91 bits per heavy atom. The van der Waals surface area contributed by atoms with Crippen LogP contribution < -0.4 is 9.47 Å². The number of aromatic nitrogens is 4. The summed E-state index contributed by atoms with van der Waals surface area (Å²) >= 11 is 1.41. The number of rotatable bonds is 4. The minimum absolute atomic E-state index is 0.213. The first-order valence-corrected chi connectivity index (χ1v) is 7.14. The SMILES string of the molecule is COc1cc(OC)cc(-c2c(C#N)nnn2-c2nccs2)c1. The molecular weight excluding hydrogens is 302 g/mol. The molecule has 2 heterocycles. The summed E-state index contributed by atoms with van der Waals surface area (Å²) in [4.78, 5) is 4.21. The van der Waals surface area contributed by atoms with Crippen molar-refractivity contribution in [3.05, 3.63) is 35.5 Å². The van der Waals surface area contributed by atoms with E-state index in [1.54, 1.807) is 38.6 Å². The fourth-order valence-electron chi connectivity index (χ4n) is 2.01. The van der Waals surface area contributed by atoms with Crippen LogP contribution in [0.2, 0.25) is 0 Å². The highest BCUT2D eigenvalue weighted by Gasteiger charge is 2.19. The van der Waals surface area contributed by atoms with E-state index >= 15 is 0 Å². The fourth-order valence-corrected chi connectivity index (χ4v) is 2.61. The predicted octanol–water partition coefficient (Wildman–Crippen LogP) is 2.28. The van der Waals surface area contributed by atoms with Gasteiger partial charge in [0.2, 0.25) is 5.13 Å². The molecule has 7 nitrogen and oxygen atoms in total. The largest absolute Gasteiger partial charge is 0.497 e. The third-order valence-corrected chi connectivity index (χ3v) is 3.75. The number of nitrogens with zero attached hydrogens (tertiary/aromatic N) is 5. The summed E-state index contributed by atoms with van der Waals surface area (Å²) in [5.41, 5.74) is 1.48. The van der Waals surface area contributed by atoms with Crippen molar-refractivity contribution in [1.29, 1.82) is 5.26 Å². The van der Waals surface area contributed by atoms with Crippen LogP contribution in [-0.2, 0) is 0 Å². The lowest BCUT2D eigenvalue weighted by atomic mass is 10.1. The second-order valence-corrected chi connectivity index (χ2v) is 5.10. The van der Waals surface area contributed by atoms with Crippen LogP contribution in [0.5, 0.6) is 11.5 Å². The molecule has 0 atom stereocenters. The fraction of sp³-hybridized carbons (Fsp3) is 0.143. The van der Waals surface area contributed by atoms with Gasteiger partial charge < -0.3 is 9.47 Å². The molecule has 22 heavy (non-hydrogen) atoms. The maximum Gasteiger partial charge on any atom is 0.212 e. The first-order chi connectivity index (χ1) is 10.8. The molecule has 0 spiro atoms. The van der Waals surface area contributed by atoms with E-state index in [0.717, 1.165) is 0 Å². The van der Waals surface area contributed by atoms with Gasteiger partial charge in [-0.3, -0.25) is 0 Å². The number of methoxy groups -OCH3 is 2. The van der Waals surface area contributed by atoms with Crippen LogP contribution in [0, 0.1) is 11.3 Å². The Morgan fingerprint density at radius 1 is 1.18 bits per heavy atom. The van der Waals surface area contributed by atoms with E-state index in [4.69, 9.17) is 9.47 Å². The Labute approximate surface area is 130 Å². The first kappa shape index (κ1) is 14.0. The van der Waals surface area contributed by atoms with Crippen molar-refractivity contribution in [3.8, 4) is 34.0 Å². The van der Waals surface area contributed by atoms with Gasteiger partial charge in [-0.2, -0.15) is 9.94 Å².